The second kappa shape index (κ2) is 4.42. The van der Waals surface area contributed by atoms with Gasteiger partial charge in [0, 0.05) is 22.5 Å². The van der Waals surface area contributed by atoms with E-state index in [1.54, 1.807) is 0 Å². The van der Waals surface area contributed by atoms with Gasteiger partial charge in [-0.05, 0) is 35.8 Å². The lowest BCUT2D eigenvalue weighted by atomic mass is 9.98. The second-order valence-corrected chi connectivity index (χ2v) is 4.79. The van der Waals surface area contributed by atoms with Gasteiger partial charge in [-0.25, -0.2) is 0 Å². The summed E-state index contributed by atoms with van der Waals surface area (Å²) in [5.41, 5.74) is 2.66. The van der Waals surface area contributed by atoms with E-state index in [2.05, 4.69) is 35.7 Å². The molecule has 0 amide bonds. The molecule has 0 spiro atoms. The van der Waals surface area contributed by atoms with Crippen LogP contribution in [-0.4, -0.2) is 6.54 Å². The van der Waals surface area contributed by atoms with Crippen molar-refractivity contribution in [2.75, 3.05) is 6.54 Å². The fourth-order valence-electron chi connectivity index (χ4n) is 2.39. The minimum atomic E-state index is 0.804. The van der Waals surface area contributed by atoms with Crippen LogP contribution in [0, 0.1) is 0 Å². The summed E-state index contributed by atoms with van der Waals surface area (Å²) in [4.78, 5) is 0. The van der Waals surface area contributed by atoms with E-state index in [-0.39, 0.29) is 0 Å². The van der Waals surface area contributed by atoms with Crippen LogP contribution in [0.1, 0.15) is 12.8 Å². The first-order valence-corrected chi connectivity index (χ1v) is 6.32. The van der Waals surface area contributed by atoms with E-state index in [0.717, 1.165) is 24.4 Å². The quantitative estimate of drug-likeness (QED) is 0.797. The van der Waals surface area contributed by atoms with Crippen molar-refractivity contribution < 1.29 is 0 Å². The molecule has 3 rings (SSSR count). The monoisotopic (exact) mass is 243 g/mol. The number of hydrogen-bond acceptors (Lipinski definition) is 1. The molecule has 2 heteroatoms. The Balaban J connectivity index is 2.24. The molecule has 0 fully saturated rings. The summed E-state index contributed by atoms with van der Waals surface area (Å²) in [6, 6.07) is 6.10. The average molecular weight is 244 g/mol. The highest BCUT2D eigenvalue weighted by Crippen LogP contribution is 2.18. The van der Waals surface area contributed by atoms with E-state index in [9.17, 15) is 0 Å². The number of fused-ring (bicyclic) bond motifs is 1. The third-order valence-electron chi connectivity index (χ3n) is 3.22. The number of rotatable bonds is 1. The summed E-state index contributed by atoms with van der Waals surface area (Å²) in [7, 11) is 0. The Labute approximate surface area is 106 Å². The van der Waals surface area contributed by atoms with E-state index in [0.29, 0.717) is 0 Å². The molecular weight excluding hydrogens is 230 g/mol. The molecule has 0 atom stereocenters. The van der Waals surface area contributed by atoms with Crippen molar-refractivity contribution in [3.05, 3.63) is 57.5 Å². The molecule has 1 aliphatic carbocycles. The van der Waals surface area contributed by atoms with Crippen molar-refractivity contribution >= 4 is 23.4 Å². The number of allylic oxidation sites excluding steroid dienone is 3. The van der Waals surface area contributed by atoms with Gasteiger partial charge in [0.2, 0.25) is 0 Å². The van der Waals surface area contributed by atoms with Crippen LogP contribution in [0.15, 0.2) is 42.0 Å². The van der Waals surface area contributed by atoms with Crippen molar-refractivity contribution in [2.45, 2.75) is 12.8 Å². The minimum absolute atomic E-state index is 0.804. The minimum Gasteiger partial charge on any atom is -0.381 e. The van der Waals surface area contributed by atoms with Crippen LogP contribution in [0.3, 0.4) is 0 Å². The van der Waals surface area contributed by atoms with E-state index in [4.69, 9.17) is 11.6 Å². The Morgan fingerprint density at radius 3 is 3.00 bits per heavy atom. The Kier molecular flexibility index (Phi) is 2.77. The lowest BCUT2D eigenvalue weighted by Gasteiger charge is -2.18. The average Bonchev–Trinajstić information content (AvgIpc) is 2.39. The Morgan fingerprint density at radius 2 is 2.18 bits per heavy atom. The molecule has 1 aromatic rings. The van der Waals surface area contributed by atoms with Gasteiger partial charge in [-0.15, -0.1) is 0 Å². The first kappa shape index (κ1) is 10.7. The number of nitrogens with one attached hydrogen (secondary N) is 1. The van der Waals surface area contributed by atoms with Crippen LogP contribution in [0.5, 0.6) is 0 Å². The van der Waals surface area contributed by atoms with E-state index in [1.165, 1.54) is 21.7 Å². The largest absolute Gasteiger partial charge is 0.381 e. The van der Waals surface area contributed by atoms with Gasteiger partial charge in [0.25, 0.3) is 0 Å². The topological polar surface area (TPSA) is 12.0 Å². The van der Waals surface area contributed by atoms with Gasteiger partial charge in [-0.1, -0.05) is 42.0 Å². The molecule has 1 aromatic carbocycles. The van der Waals surface area contributed by atoms with Crippen LogP contribution >= 0.6 is 11.6 Å². The highest BCUT2D eigenvalue weighted by atomic mass is 35.5. The Morgan fingerprint density at radius 1 is 1.24 bits per heavy atom. The SMILES string of the molecule is Clc1ccc2c(c1)=CCNC=2C1=CC=CCC1. The zero-order valence-electron chi connectivity index (χ0n) is 9.54. The molecule has 0 saturated carbocycles. The summed E-state index contributed by atoms with van der Waals surface area (Å²) < 4.78 is 0. The second-order valence-electron chi connectivity index (χ2n) is 4.35. The lowest BCUT2D eigenvalue weighted by molar-refractivity contribution is 0.930. The van der Waals surface area contributed by atoms with Gasteiger partial charge in [0.15, 0.2) is 0 Å². The van der Waals surface area contributed by atoms with Gasteiger partial charge >= 0.3 is 0 Å². The van der Waals surface area contributed by atoms with E-state index >= 15 is 0 Å². The zero-order valence-corrected chi connectivity index (χ0v) is 10.3. The first-order valence-electron chi connectivity index (χ1n) is 5.94. The molecule has 0 saturated heterocycles. The molecule has 0 unspecified atom stereocenters. The van der Waals surface area contributed by atoms with Crippen molar-refractivity contribution in [2.24, 2.45) is 0 Å². The smallest absolute Gasteiger partial charge is 0.0454 e. The van der Waals surface area contributed by atoms with Gasteiger partial charge in [0.1, 0.15) is 0 Å². The Bertz CT molecular complexity index is 623. The molecule has 1 nitrogen and oxygen atoms in total. The molecule has 17 heavy (non-hydrogen) atoms. The molecule has 0 aromatic heterocycles. The van der Waals surface area contributed by atoms with E-state index in [1.807, 2.05) is 12.1 Å². The van der Waals surface area contributed by atoms with E-state index < -0.39 is 0 Å². The first-order chi connectivity index (χ1) is 8.34. The summed E-state index contributed by atoms with van der Waals surface area (Å²) in [5, 5.41) is 6.79. The Hall–Kier alpha value is -1.47. The summed E-state index contributed by atoms with van der Waals surface area (Å²) in [6.07, 6.45) is 11.0. The highest BCUT2D eigenvalue weighted by Gasteiger charge is 2.10. The third-order valence-corrected chi connectivity index (χ3v) is 3.45. The van der Waals surface area contributed by atoms with Crippen LogP contribution < -0.4 is 15.8 Å². The van der Waals surface area contributed by atoms with Gasteiger partial charge in [-0.3, -0.25) is 0 Å². The molecule has 1 heterocycles. The fourth-order valence-corrected chi connectivity index (χ4v) is 2.57. The standard InChI is InChI=1S/C15H14ClN/c16-13-6-7-14-12(10-13)8-9-17-15(14)11-4-2-1-3-5-11/h1-2,4,6-8,10,17H,3,5,9H2. The summed E-state index contributed by atoms with van der Waals surface area (Å²) in [6.45, 7) is 0.879. The summed E-state index contributed by atoms with van der Waals surface area (Å²) in [5.74, 6) is 0. The summed E-state index contributed by atoms with van der Waals surface area (Å²) >= 11 is 6.03. The lowest BCUT2D eigenvalue weighted by Crippen LogP contribution is -2.38. The number of benzene rings is 1. The van der Waals surface area contributed by atoms with Gasteiger partial charge in [-0.2, -0.15) is 0 Å². The molecule has 0 radical (unpaired) electrons. The van der Waals surface area contributed by atoms with Crippen molar-refractivity contribution in [3.63, 3.8) is 0 Å². The molecule has 2 aliphatic rings. The predicted molar refractivity (Wildman–Crippen MR) is 73.0 cm³/mol. The zero-order chi connectivity index (χ0) is 11.7. The number of hydrogen-bond donors (Lipinski definition) is 1. The molecule has 1 N–H and O–H groups in total. The van der Waals surface area contributed by atoms with Crippen LogP contribution in [0.2, 0.25) is 5.02 Å². The molecule has 1 aliphatic heterocycles. The van der Waals surface area contributed by atoms with Crippen molar-refractivity contribution in [3.8, 4) is 0 Å². The molecular formula is C15H14ClN. The van der Waals surface area contributed by atoms with Crippen LogP contribution in [0.4, 0.5) is 0 Å². The van der Waals surface area contributed by atoms with Crippen LogP contribution in [0.25, 0.3) is 11.8 Å². The van der Waals surface area contributed by atoms with Crippen LogP contribution in [-0.2, 0) is 0 Å². The van der Waals surface area contributed by atoms with Crippen molar-refractivity contribution in [1.29, 1.82) is 0 Å². The normalized spacial score (nSPS) is 17.9. The number of halogens is 1. The maximum atomic E-state index is 6.03. The third kappa shape index (κ3) is 2.03. The fraction of sp³-hybridized carbons (Fsp3) is 0.200. The maximum Gasteiger partial charge on any atom is 0.0454 e. The highest BCUT2D eigenvalue weighted by molar-refractivity contribution is 6.30. The molecule has 86 valence electrons. The maximum absolute atomic E-state index is 6.03. The van der Waals surface area contributed by atoms with Gasteiger partial charge in [0.05, 0.1) is 0 Å². The predicted octanol–water partition coefficient (Wildman–Crippen LogP) is 2.11. The van der Waals surface area contributed by atoms with Crippen molar-refractivity contribution in [1.82, 2.24) is 5.32 Å². The molecule has 0 bridgehead atoms. The van der Waals surface area contributed by atoms with Gasteiger partial charge < -0.3 is 5.32 Å².